The molecule has 0 bridgehead atoms. The second kappa shape index (κ2) is 14.8. The molecule has 6 N–H and O–H groups in total. The van der Waals surface area contributed by atoms with Gasteiger partial charge in [-0.1, -0.05) is 51.1 Å². The van der Waals surface area contributed by atoms with Gasteiger partial charge in [0.15, 0.2) is 17.6 Å². The first-order valence-electron chi connectivity index (χ1n) is 13.3. The van der Waals surface area contributed by atoms with Crippen molar-refractivity contribution < 1.29 is 24.2 Å². The molecule has 216 valence electrons. The summed E-state index contributed by atoms with van der Waals surface area (Å²) in [7, 11) is 0. The van der Waals surface area contributed by atoms with E-state index in [4.69, 9.17) is 10.5 Å². The standard InChI is InChI=1S/C27H38N8O5/c1-4-19(22(36)26(38)29-11-8-12-35-16-32-21-23(28)30-15-31-24(21)35)33-25(37)20(13-17(2)3)34-27(39)40-14-18-9-6-5-7-10-18/h5-7,9-10,15-17,19-20,22,36H,4,8,11-14H2,1-3H3,(H,29,38)(H,33,37)(H,34,39)(H2,28,30,31)/t19-,20-,22-/m0/s1. The van der Waals surface area contributed by atoms with Crippen LogP contribution >= 0.6 is 0 Å². The number of aromatic nitrogens is 4. The molecule has 3 rings (SSSR count). The number of nitrogens with one attached hydrogen (secondary N) is 3. The number of nitrogens with two attached hydrogens (primary N) is 1. The number of aryl methyl sites for hydroxylation is 1. The maximum atomic E-state index is 13.1. The maximum Gasteiger partial charge on any atom is 0.408 e. The van der Waals surface area contributed by atoms with Gasteiger partial charge in [-0.05, 0) is 30.7 Å². The van der Waals surface area contributed by atoms with Crippen molar-refractivity contribution >= 4 is 34.9 Å². The van der Waals surface area contributed by atoms with E-state index in [2.05, 4.69) is 30.9 Å². The smallest absolute Gasteiger partial charge is 0.408 e. The Morgan fingerprint density at radius 2 is 1.82 bits per heavy atom. The minimum absolute atomic E-state index is 0.0675. The zero-order valence-corrected chi connectivity index (χ0v) is 23.0. The number of aliphatic hydroxyl groups excluding tert-OH is 1. The van der Waals surface area contributed by atoms with Gasteiger partial charge < -0.3 is 36.1 Å². The van der Waals surface area contributed by atoms with Gasteiger partial charge in [0, 0.05) is 13.1 Å². The van der Waals surface area contributed by atoms with Gasteiger partial charge in [0.2, 0.25) is 5.91 Å². The van der Waals surface area contributed by atoms with E-state index < -0.39 is 36.1 Å². The van der Waals surface area contributed by atoms with Crippen LogP contribution in [0.2, 0.25) is 0 Å². The molecule has 3 atom stereocenters. The van der Waals surface area contributed by atoms with E-state index in [1.54, 1.807) is 17.8 Å². The van der Waals surface area contributed by atoms with Crippen LogP contribution in [0, 0.1) is 5.92 Å². The molecule has 0 fully saturated rings. The van der Waals surface area contributed by atoms with Crippen LogP contribution < -0.4 is 21.7 Å². The number of alkyl carbamates (subject to hydrolysis) is 1. The highest BCUT2D eigenvalue weighted by Crippen LogP contribution is 2.14. The van der Waals surface area contributed by atoms with Gasteiger partial charge in [-0.25, -0.2) is 19.7 Å². The molecule has 0 aliphatic rings. The van der Waals surface area contributed by atoms with E-state index in [9.17, 15) is 19.5 Å². The molecule has 3 amide bonds. The van der Waals surface area contributed by atoms with Gasteiger partial charge in [-0.2, -0.15) is 0 Å². The Labute approximate surface area is 232 Å². The van der Waals surface area contributed by atoms with Gasteiger partial charge in [0.25, 0.3) is 5.91 Å². The zero-order valence-electron chi connectivity index (χ0n) is 23.0. The fourth-order valence-electron chi connectivity index (χ4n) is 4.11. The first kappa shape index (κ1) is 30.3. The Morgan fingerprint density at radius 3 is 2.52 bits per heavy atom. The highest BCUT2D eigenvalue weighted by atomic mass is 16.5. The summed E-state index contributed by atoms with van der Waals surface area (Å²) in [6.45, 7) is 6.46. The lowest BCUT2D eigenvalue weighted by molar-refractivity contribution is -0.132. The van der Waals surface area contributed by atoms with Crippen LogP contribution in [0.1, 0.15) is 45.6 Å². The number of ether oxygens (including phenoxy) is 1. The van der Waals surface area contributed by atoms with E-state index >= 15 is 0 Å². The molecular formula is C27H38N8O5. The van der Waals surface area contributed by atoms with Gasteiger partial charge in [-0.3, -0.25) is 9.59 Å². The summed E-state index contributed by atoms with van der Waals surface area (Å²) in [5.41, 5.74) is 7.74. The van der Waals surface area contributed by atoms with Crippen LogP contribution in [0.25, 0.3) is 11.2 Å². The monoisotopic (exact) mass is 554 g/mol. The highest BCUT2D eigenvalue weighted by Gasteiger charge is 2.30. The number of hydrogen-bond acceptors (Lipinski definition) is 9. The van der Waals surface area contributed by atoms with Crippen molar-refractivity contribution in [1.82, 2.24) is 35.5 Å². The number of nitrogen functional groups attached to an aromatic ring is 1. The number of carbonyl (C=O) groups excluding carboxylic acids is 3. The SMILES string of the molecule is CC[C@H](NC(=O)[C@H](CC(C)C)NC(=O)OCc1ccccc1)[C@H](O)C(=O)NCCCn1cnc2c(N)ncnc21. The van der Waals surface area contributed by atoms with Crippen molar-refractivity contribution in [2.45, 2.75) is 71.4 Å². The van der Waals surface area contributed by atoms with Crippen LogP contribution in [0.5, 0.6) is 0 Å². The van der Waals surface area contributed by atoms with Crippen molar-refractivity contribution in [2.24, 2.45) is 5.92 Å². The topological polar surface area (TPSA) is 186 Å². The molecule has 13 heteroatoms. The third kappa shape index (κ3) is 8.63. The summed E-state index contributed by atoms with van der Waals surface area (Å²) in [4.78, 5) is 50.4. The van der Waals surface area contributed by atoms with Crippen LogP contribution in [-0.2, 0) is 27.5 Å². The molecule has 0 aliphatic heterocycles. The van der Waals surface area contributed by atoms with Gasteiger partial charge in [-0.15, -0.1) is 0 Å². The number of amides is 3. The van der Waals surface area contributed by atoms with Crippen molar-refractivity contribution in [3.63, 3.8) is 0 Å². The highest BCUT2D eigenvalue weighted by molar-refractivity contribution is 5.87. The molecule has 2 heterocycles. The fourth-order valence-corrected chi connectivity index (χ4v) is 4.11. The number of carbonyl (C=O) groups is 3. The lowest BCUT2D eigenvalue weighted by Crippen LogP contribution is -2.55. The van der Waals surface area contributed by atoms with Crippen LogP contribution in [0.4, 0.5) is 10.6 Å². The van der Waals surface area contributed by atoms with Gasteiger partial charge >= 0.3 is 6.09 Å². The average molecular weight is 555 g/mol. The zero-order chi connectivity index (χ0) is 29.1. The minimum Gasteiger partial charge on any atom is -0.445 e. The van der Waals surface area contributed by atoms with Gasteiger partial charge in [0.1, 0.15) is 24.5 Å². The summed E-state index contributed by atoms with van der Waals surface area (Å²) >= 11 is 0. The molecular weight excluding hydrogens is 516 g/mol. The summed E-state index contributed by atoms with van der Waals surface area (Å²) in [5.74, 6) is -0.723. The summed E-state index contributed by atoms with van der Waals surface area (Å²) in [5, 5.41) is 18.7. The van der Waals surface area contributed by atoms with Crippen molar-refractivity contribution in [3.05, 3.63) is 48.5 Å². The Kier molecular flexibility index (Phi) is 11.2. The quantitative estimate of drug-likeness (QED) is 0.184. The van der Waals surface area contributed by atoms with Gasteiger partial charge in [0.05, 0.1) is 12.4 Å². The molecule has 3 aromatic rings. The Morgan fingerprint density at radius 1 is 1.07 bits per heavy atom. The molecule has 0 saturated carbocycles. The first-order valence-corrected chi connectivity index (χ1v) is 13.3. The van der Waals surface area contributed by atoms with E-state index in [0.717, 1.165) is 5.56 Å². The molecule has 1 aromatic carbocycles. The van der Waals surface area contributed by atoms with Crippen molar-refractivity contribution in [3.8, 4) is 0 Å². The number of imidazole rings is 1. The fraction of sp³-hybridized carbons (Fsp3) is 0.481. The Balaban J connectivity index is 1.48. The maximum absolute atomic E-state index is 13.1. The normalized spacial score (nSPS) is 13.4. The number of nitrogens with zero attached hydrogens (tertiary/aromatic N) is 4. The van der Waals surface area contributed by atoms with E-state index in [1.807, 2.05) is 44.2 Å². The lowest BCUT2D eigenvalue weighted by atomic mass is 10.0. The summed E-state index contributed by atoms with van der Waals surface area (Å²) < 4.78 is 7.06. The second-order valence-corrected chi connectivity index (χ2v) is 9.87. The number of fused-ring (bicyclic) bond motifs is 1. The van der Waals surface area contributed by atoms with Crippen molar-refractivity contribution in [1.29, 1.82) is 0 Å². The number of hydrogen-bond donors (Lipinski definition) is 5. The third-order valence-corrected chi connectivity index (χ3v) is 6.25. The third-order valence-electron chi connectivity index (χ3n) is 6.25. The molecule has 0 aliphatic carbocycles. The van der Waals surface area contributed by atoms with Crippen LogP contribution in [-0.4, -0.2) is 67.3 Å². The minimum atomic E-state index is -1.47. The van der Waals surface area contributed by atoms with Crippen LogP contribution in [0.15, 0.2) is 43.0 Å². The molecule has 0 unspecified atom stereocenters. The first-order chi connectivity index (χ1) is 19.2. The van der Waals surface area contributed by atoms with E-state index in [-0.39, 0.29) is 19.1 Å². The Bertz CT molecular complexity index is 1270. The molecule has 0 radical (unpaired) electrons. The molecule has 13 nitrogen and oxygen atoms in total. The summed E-state index contributed by atoms with van der Waals surface area (Å²) in [6, 6.07) is 7.46. The van der Waals surface area contributed by atoms with Crippen LogP contribution in [0.3, 0.4) is 0 Å². The molecule has 40 heavy (non-hydrogen) atoms. The second-order valence-electron chi connectivity index (χ2n) is 9.87. The number of aliphatic hydroxyl groups is 1. The van der Waals surface area contributed by atoms with E-state index in [1.165, 1.54) is 6.33 Å². The van der Waals surface area contributed by atoms with E-state index in [0.29, 0.717) is 42.8 Å². The molecule has 0 spiro atoms. The largest absolute Gasteiger partial charge is 0.445 e. The predicted octanol–water partition coefficient (Wildman–Crippen LogP) is 1.51. The number of rotatable bonds is 14. The molecule has 0 saturated heterocycles. The predicted molar refractivity (Wildman–Crippen MR) is 149 cm³/mol. The number of anilines is 1. The molecule has 2 aromatic heterocycles. The number of benzene rings is 1. The Hall–Kier alpha value is -4.26. The summed E-state index contributed by atoms with van der Waals surface area (Å²) in [6.07, 6.45) is 1.97. The average Bonchev–Trinajstić information content (AvgIpc) is 3.36. The van der Waals surface area contributed by atoms with Crippen molar-refractivity contribution in [2.75, 3.05) is 12.3 Å². The lowest BCUT2D eigenvalue weighted by Gasteiger charge is -2.26.